The molecular formula is C24H21N2O5-. The van der Waals surface area contributed by atoms with Crippen LogP contribution >= 0.6 is 0 Å². The predicted octanol–water partition coefficient (Wildman–Crippen LogP) is 2.56. The van der Waals surface area contributed by atoms with E-state index < -0.39 is 29.9 Å². The van der Waals surface area contributed by atoms with Crippen molar-refractivity contribution in [1.29, 1.82) is 0 Å². The number of carboxylic acids is 1. The fourth-order valence-electron chi connectivity index (χ4n) is 3.72. The molecule has 1 aliphatic rings. The van der Waals surface area contributed by atoms with Crippen molar-refractivity contribution in [2.75, 3.05) is 17.5 Å². The molecule has 4 rings (SSSR count). The van der Waals surface area contributed by atoms with Crippen molar-refractivity contribution in [1.82, 2.24) is 0 Å². The number of benzene rings is 3. The average molecular weight is 417 g/mol. The molecule has 0 spiro atoms. The van der Waals surface area contributed by atoms with E-state index in [2.05, 4.69) is 5.32 Å². The number of carboxylic acid groups (broad SMARTS) is 1. The summed E-state index contributed by atoms with van der Waals surface area (Å²) in [6, 6.07) is 24.4. The Morgan fingerprint density at radius 3 is 2.13 bits per heavy atom. The fraction of sp³-hybridized carbons (Fsp3) is 0.167. The van der Waals surface area contributed by atoms with Crippen LogP contribution in [0.25, 0.3) is 0 Å². The normalized spacial score (nSPS) is 20.3. The first-order valence-electron chi connectivity index (χ1n) is 9.80. The van der Waals surface area contributed by atoms with Crippen LogP contribution in [0.4, 0.5) is 11.4 Å². The molecule has 1 heterocycles. The Labute approximate surface area is 179 Å². The zero-order valence-corrected chi connectivity index (χ0v) is 16.8. The van der Waals surface area contributed by atoms with Crippen molar-refractivity contribution in [3.63, 3.8) is 0 Å². The van der Waals surface area contributed by atoms with Gasteiger partial charge in [-0.05, 0) is 42.0 Å². The number of hydroxylamine groups is 1. The Bertz CT molecular complexity index is 1040. The molecule has 1 N–H and O–H groups in total. The number of methoxy groups -OCH3 is 1. The minimum Gasteiger partial charge on any atom is -0.547 e. The van der Waals surface area contributed by atoms with Crippen molar-refractivity contribution >= 4 is 23.3 Å². The third kappa shape index (κ3) is 4.22. The zero-order valence-electron chi connectivity index (χ0n) is 16.8. The molecule has 0 bridgehead atoms. The third-order valence-electron chi connectivity index (χ3n) is 5.19. The van der Waals surface area contributed by atoms with Gasteiger partial charge in [0.25, 0.3) is 0 Å². The molecule has 1 aliphatic heterocycles. The molecule has 7 heteroatoms. The summed E-state index contributed by atoms with van der Waals surface area (Å²) in [4.78, 5) is 31.0. The predicted molar refractivity (Wildman–Crippen MR) is 113 cm³/mol. The summed E-state index contributed by atoms with van der Waals surface area (Å²) in [5, 5.41) is 16.2. The van der Waals surface area contributed by atoms with Crippen LogP contribution in [0.1, 0.15) is 11.6 Å². The number of amides is 1. The lowest BCUT2D eigenvalue weighted by Gasteiger charge is -2.27. The minimum absolute atomic E-state index is 0.480. The maximum Gasteiger partial charge on any atom is 0.233 e. The lowest BCUT2D eigenvalue weighted by atomic mass is 9.88. The molecule has 0 aromatic heterocycles. The van der Waals surface area contributed by atoms with Crippen LogP contribution in [0.3, 0.4) is 0 Å². The van der Waals surface area contributed by atoms with E-state index >= 15 is 0 Å². The first-order chi connectivity index (χ1) is 15.1. The summed E-state index contributed by atoms with van der Waals surface area (Å²) >= 11 is 0. The number of rotatable bonds is 6. The average Bonchev–Trinajstić information content (AvgIpc) is 3.22. The molecule has 3 atom stereocenters. The van der Waals surface area contributed by atoms with Gasteiger partial charge in [0.15, 0.2) is 0 Å². The molecule has 3 aromatic carbocycles. The standard InChI is InChI=1S/C24H22N2O5/c1-30-19-14-12-17(13-15-19)25-23(27)20-21(16-8-4-2-5-9-16)26(31-22(20)24(28)29)18-10-6-3-7-11-18/h2-15,20-22H,1H3,(H,25,27)(H,28,29)/p-1/t20-,21+,22-/m0/s1. The van der Waals surface area contributed by atoms with Crippen molar-refractivity contribution in [3.05, 3.63) is 90.5 Å². The number of ether oxygens (including phenoxy) is 1. The first-order valence-corrected chi connectivity index (χ1v) is 9.80. The van der Waals surface area contributed by atoms with Crippen LogP contribution in [0.5, 0.6) is 5.75 Å². The molecule has 3 aromatic rings. The molecule has 0 radical (unpaired) electrons. The number of hydrogen-bond donors (Lipinski definition) is 1. The highest BCUT2D eigenvalue weighted by molar-refractivity contribution is 5.97. The lowest BCUT2D eigenvalue weighted by molar-refractivity contribution is -0.316. The van der Waals surface area contributed by atoms with Gasteiger partial charge in [0.2, 0.25) is 5.91 Å². The topological polar surface area (TPSA) is 90.9 Å². The second-order valence-corrected chi connectivity index (χ2v) is 7.11. The Hall–Kier alpha value is -3.84. The Morgan fingerprint density at radius 2 is 1.55 bits per heavy atom. The number of nitrogens with one attached hydrogen (secondary N) is 1. The molecule has 1 saturated heterocycles. The van der Waals surface area contributed by atoms with Crippen molar-refractivity contribution < 1.29 is 24.3 Å². The molecule has 0 unspecified atom stereocenters. The third-order valence-corrected chi connectivity index (χ3v) is 5.19. The number of carbonyl (C=O) groups excluding carboxylic acids is 2. The Balaban J connectivity index is 1.72. The van der Waals surface area contributed by atoms with Gasteiger partial charge in [0, 0.05) is 5.69 Å². The van der Waals surface area contributed by atoms with E-state index in [0.29, 0.717) is 17.1 Å². The maximum atomic E-state index is 13.3. The molecule has 1 amide bonds. The first kappa shape index (κ1) is 20.4. The van der Waals surface area contributed by atoms with Gasteiger partial charge in [-0.15, -0.1) is 0 Å². The van der Waals surface area contributed by atoms with Gasteiger partial charge in [0.05, 0.1) is 30.7 Å². The van der Waals surface area contributed by atoms with Crippen molar-refractivity contribution in [2.45, 2.75) is 12.1 Å². The van der Waals surface area contributed by atoms with E-state index in [1.807, 2.05) is 48.5 Å². The number of aliphatic carboxylic acids is 1. The summed E-state index contributed by atoms with van der Waals surface area (Å²) < 4.78 is 5.14. The lowest BCUT2D eigenvalue weighted by Crippen LogP contribution is -2.44. The molecule has 0 saturated carbocycles. The van der Waals surface area contributed by atoms with Gasteiger partial charge in [-0.2, -0.15) is 0 Å². The van der Waals surface area contributed by atoms with E-state index in [-0.39, 0.29) is 0 Å². The molecule has 158 valence electrons. The highest BCUT2D eigenvalue weighted by atomic mass is 16.7. The minimum atomic E-state index is -1.45. The number of hydrogen-bond acceptors (Lipinski definition) is 6. The SMILES string of the molecule is COc1ccc(NC(=O)[C@@H]2[C@@H](C(=O)[O-])ON(c3ccccc3)[C@@H]2c2ccccc2)cc1. The van der Waals surface area contributed by atoms with E-state index in [9.17, 15) is 14.7 Å². The van der Waals surface area contributed by atoms with Crippen molar-refractivity contribution in [3.8, 4) is 5.75 Å². The van der Waals surface area contributed by atoms with Gasteiger partial charge >= 0.3 is 0 Å². The molecule has 1 fully saturated rings. The highest BCUT2D eigenvalue weighted by Gasteiger charge is 2.49. The monoisotopic (exact) mass is 417 g/mol. The molecule has 0 aliphatic carbocycles. The second kappa shape index (κ2) is 8.89. The highest BCUT2D eigenvalue weighted by Crippen LogP contribution is 2.42. The largest absolute Gasteiger partial charge is 0.547 e. The summed E-state index contributed by atoms with van der Waals surface area (Å²) in [5.41, 5.74) is 1.92. The number of carbonyl (C=O) groups is 2. The fourth-order valence-corrected chi connectivity index (χ4v) is 3.72. The smallest absolute Gasteiger partial charge is 0.233 e. The van der Waals surface area contributed by atoms with Gasteiger partial charge in [0.1, 0.15) is 11.9 Å². The van der Waals surface area contributed by atoms with Crippen LogP contribution in [0, 0.1) is 5.92 Å². The molecule has 7 nitrogen and oxygen atoms in total. The quantitative estimate of drug-likeness (QED) is 0.663. The van der Waals surface area contributed by atoms with Crippen LogP contribution in [-0.4, -0.2) is 25.1 Å². The zero-order chi connectivity index (χ0) is 21.8. The summed E-state index contributed by atoms with van der Waals surface area (Å²) in [6.45, 7) is 0. The van der Waals surface area contributed by atoms with Gasteiger partial charge in [-0.25, -0.2) is 5.06 Å². The van der Waals surface area contributed by atoms with E-state index in [1.54, 1.807) is 43.5 Å². The number of para-hydroxylation sites is 1. The van der Waals surface area contributed by atoms with Gasteiger partial charge < -0.3 is 20.0 Å². The Kier molecular flexibility index (Phi) is 5.86. The number of anilines is 2. The van der Waals surface area contributed by atoms with Crippen LogP contribution in [0.2, 0.25) is 0 Å². The van der Waals surface area contributed by atoms with Crippen LogP contribution in [0.15, 0.2) is 84.9 Å². The summed E-state index contributed by atoms with van der Waals surface area (Å²) in [6.07, 6.45) is -1.45. The van der Waals surface area contributed by atoms with E-state index in [1.165, 1.54) is 5.06 Å². The summed E-state index contributed by atoms with van der Waals surface area (Å²) in [7, 11) is 1.55. The van der Waals surface area contributed by atoms with Gasteiger partial charge in [-0.3, -0.25) is 9.63 Å². The van der Waals surface area contributed by atoms with E-state index in [0.717, 1.165) is 5.56 Å². The van der Waals surface area contributed by atoms with Crippen molar-refractivity contribution in [2.24, 2.45) is 5.92 Å². The Morgan fingerprint density at radius 1 is 0.935 bits per heavy atom. The van der Waals surface area contributed by atoms with Gasteiger partial charge in [-0.1, -0.05) is 48.5 Å². The maximum absolute atomic E-state index is 13.3. The summed E-state index contributed by atoms with van der Waals surface area (Å²) in [5.74, 6) is -2.33. The molecular weight excluding hydrogens is 396 g/mol. The van der Waals surface area contributed by atoms with Crippen LogP contribution in [-0.2, 0) is 14.4 Å². The van der Waals surface area contributed by atoms with E-state index in [4.69, 9.17) is 9.57 Å². The van der Waals surface area contributed by atoms with Crippen LogP contribution < -0.4 is 20.2 Å². The number of nitrogens with zero attached hydrogens (tertiary/aromatic N) is 1. The second-order valence-electron chi connectivity index (χ2n) is 7.11. The molecule has 31 heavy (non-hydrogen) atoms.